The molecule has 1 amide bonds. The first-order valence-corrected chi connectivity index (χ1v) is 7.42. The Hall–Kier alpha value is -1.39. The lowest BCUT2D eigenvalue weighted by molar-refractivity contribution is -0.144. The number of rotatable bonds is 2. The lowest BCUT2D eigenvalue weighted by Crippen LogP contribution is -2.43. The number of ether oxygens (including phenoxy) is 1. The number of nitrogens with zero attached hydrogens (tertiary/aromatic N) is 1. The monoisotopic (exact) mass is 275 g/mol. The van der Waals surface area contributed by atoms with Gasteiger partial charge in [-0.1, -0.05) is 18.2 Å². The number of carbonyl (C=O) groups excluding carboxylic acids is 1. The zero-order chi connectivity index (χ0) is 13.9. The maximum atomic E-state index is 12.3. The summed E-state index contributed by atoms with van der Waals surface area (Å²) in [6, 6.07) is 5.98. The molecule has 0 aromatic heterocycles. The molecule has 2 aliphatic rings. The molecular weight excluding hydrogens is 254 g/mol. The minimum atomic E-state index is -1.04. The van der Waals surface area contributed by atoms with Crippen LogP contribution in [0.2, 0.25) is 0 Å². The molecule has 0 bridgehead atoms. The molecule has 1 heterocycles. The third kappa shape index (κ3) is 2.72. The average molecular weight is 275 g/mol. The number of benzene rings is 1. The number of morpholine rings is 1. The van der Waals surface area contributed by atoms with Crippen LogP contribution in [0.4, 0.5) is 0 Å². The zero-order valence-electron chi connectivity index (χ0n) is 11.7. The van der Waals surface area contributed by atoms with Gasteiger partial charge in [0.1, 0.15) is 0 Å². The molecule has 0 spiro atoms. The van der Waals surface area contributed by atoms with Crippen molar-refractivity contribution >= 4 is 5.91 Å². The molecule has 0 radical (unpaired) electrons. The Morgan fingerprint density at radius 2 is 1.85 bits per heavy atom. The Bertz CT molecular complexity index is 494. The summed E-state index contributed by atoms with van der Waals surface area (Å²) in [6.07, 6.45) is 3.57. The molecule has 1 aliphatic carbocycles. The van der Waals surface area contributed by atoms with Crippen molar-refractivity contribution in [3.05, 3.63) is 34.9 Å². The van der Waals surface area contributed by atoms with E-state index in [1.165, 1.54) is 24.0 Å². The zero-order valence-corrected chi connectivity index (χ0v) is 11.7. The maximum Gasteiger partial charge on any atom is 0.256 e. The number of hydrogen-bond acceptors (Lipinski definition) is 3. The topological polar surface area (TPSA) is 49.8 Å². The Morgan fingerprint density at radius 1 is 1.15 bits per heavy atom. The Kier molecular flexibility index (Phi) is 4.03. The highest BCUT2D eigenvalue weighted by atomic mass is 16.5. The number of hydrogen-bond donors (Lipinski definition) is 1. The van der Waals surface area contributed by atoms with Crippen LogP contribution in [0.1, 0.15) is 35.6 Å². The summed E-state index contributed by atoms with van der Waals surface area (Å²) in [6.45, 7) is 2.26. The van der Waals surface area contributed by atoms with E-state index in [4.69, 9.17) is 4.74 Å². The predicted molar refractivity (Wildman–Crippen MR) is 75.4 cm³/mol. The first-order chi connectivity index (χ1) is 9.75. The first kappa shape index (κ1) is 13.6. The quantitative estimate of drug-likeness (QED) is 0.889. The number of carbonyl (C=O) groups is 1. The van der Waals surface area contributed by atoms with Gasteiger partial charge in [0.25, 0.3) is 5.91 Å². The van der Waals surface area contributed by atoms with Crippen LogP contribution < -0.4 is 0 Å². The molecule has 1 saturated heterocycles. The predicted octanol–water partition coefficient (Wildman–Crippen LogP) is 1.46. The number of amides is 1. The highest BCUT2D eigenvalue weighted by molar-refractivity contribution is 5.82. The summed E-state index contributed by atoms with van der Waals surface area (Å²) in [5.41, 5.74) is 3.38. The van der Waals surface area contributed by atoms with Crippen LogP contribution in [0.15, 0.2) is 18.2 Å². The molecule has 3 rings (SSSR count). The van der Waals surface area contributed by atoms with Crippen LogP contribution in [0.5, 0.6) is 0 Å². The maximum absolute atomic E-state index is 12.3. The molecule has 1 N–H and O–H groups in total. The second-order valence-corrected chi connectivity index (χ2v) is 5.58. The van der Waals surface area contributed by atoms with Crippen molar-refractivity contribution in [3.8, 4) is 0 Å². The molecule has 1 aliphatic heterocycles. The van der Waals surface area contributed by atoms with Gasteiger partial charge in [-0.15, -0.1) is 0 Å². The normalized spacial score (nSPS) is 20.4. The minimum absolute atomic E-state index is 0.205. The van der Waals surface area contributed by atoms with Crippen molar-refractivity contribution < 1.29 is 14.6 Å². The second kappa shape index (κ2) is 5.94. The number of aliphatic hydroxyl groups is 1. The SMILES string of the molecule is O=C(C(O)c1ccc2c(c1)CCCC2)N1CCOCC1. The molecule has 108 valence electrons. The fourth-order valence-electron chi connectivity index (χ4n) is 3.02. The number of aryl methyl sites for hydroxylation is 2. The van der Waals surface area contributed by atoms with Gasteiger partial charge in [0.15, 0.2) is 6.10 Å². The fourth-order valence-corrected chi connectivity index (χ4v) is 3.02. The average Bonchev–Trinajstić information content (AvgIpc) is 2.54. The van der Waals surface area contributed by atoms with E-state index in [0.717, 1.165) is 18.4 Å². The summed E-state index contributed by atoms with van der Waals surface area (Å²) in [5, 5.41) is 10.3. The largest absolute Gasteiger partial charge is 0.378 e. The summed E-state index contributed by atoms with van der Waals surface area (Å²) >= 11 is 0. The van der Waals surface area contributed by atoms with Gasteiger partial charge in [-0.2, -0.15) is 0 Å². The third-order valence-corrected chi connectivity index (χ3v) is 4.24. The van der Waals surface area contributed by atoms with Crippen molar-refractivity contribution in [1.82, 2.24) is 4.90 Å². The minimum Gasteiger partial charge on any atom is -0.378 e. The Morgan fingerprint density at radius 3 is 2.60 bits per heavy atom. The van der Waals surface area contributed by atoms with E-state index >= 15 is 0 Å². The van der Waals surface area contributed by atoms with Crippen LogP contribution in [0, 0.1) is 0 Å². The molecule has 1 aromatic rings. The molecule has 1 unspecified atom stereocenters. The van der Waals surface area contributed by atoms with Gasteiger partial charge in [-0.05, 0) is 42.4 Å². The van der Waals surface area contributed by atoms with Crippen LogP contribution >= 0.6 is 0 Å². The smallest absolute Gasteiger partial charge is 0.256 e. The van der Waals surface area contributed by atoms with Crippen LogP contribution in [-0.2, 0) is 22.4 Å². The van der Waals surface area contributed by atoms with Crippen molar-refractivity contribution in [2.45, 2.75) is 31.8 Å². The van der Waals surface area contributed by atoms with Gasteiger partial charge in [-0.3, -0.25) is 4.79 Å². The molecular formula is C16H21NO3. The summed E-state index contributed by atoms with van der Waals surface area (Å²) < 4.78 is 5.23. The molecule has 1 fully saturated rings. The molecule has 1 aromatic carbocycles. The van der Waals surface area contributed by atoms with Crippen molar-refractivity contribution in [2.24, 2.45) is 0 Å². The highest BCUT2D eigenvalue weighted by Crippen LogP contribution is 2.25. The van der Waals surface area contributed by atoms with Gasteiger partial charge >= 0.3 is 0 Å². The molecule has 4 heteroatoms. The Balaban J connectivity index is 1.75. The highest BCUT2D eigenvalue weighted by Gasteiger charge is 2.25. The first-order valence-electron chi connectivity index (χ1n) is 7.42. The van der Waals surface area contributed by atoms with Crippen LogP contribution in [0.3, 0.4) is 0 Å². The van der Waals surface area contributed by atoms with Gasteiger partial charge in [-0.25, -0.2) is 0 Å². The van der Waals surface area contributed by atoms with Crippen molar-refractivity contribution in [3.63, 3.8) is 0 Å². The van der Waals surface area contributed by atoms with Gasteiger partial charge < -0.3 is 14.7 Å². The van der Waals surface area contributed by atoms with Crippen molar-refractivity contribution in [2.75, 3.05) is 26.3 Å². The van der Waals surface area contributed by atoms with E-state index in [1.807, 2.05) is 12.1 Å². The molecule has 0 saturated carbocycles. The fraction of sp³-hybridized carbons (Fsp3) is 0.562. The van der Waals surface area contributed by atoms with Gasteiger partial charge in [0.05, 0.1) is 13.2 Å². The van der Waals surface area contributed by atoms with E-state index in [0.29, 0.717) is 26.3 Å². The van der Waals surface area contributed by atoms with Crippen molar-refractivity contribution in [1.29, 1.82) is 0 Å². The molecule has 20 heavy (non-hydrogen) atoms. The summed E-state index contributed by atoms with van der Waals surface area (Å²) in [5.74, 6) is -0.205. The van der Waals surface area contributed by atoms with E-state index < -0.39 is 6.10 Å². The van der Waals surface area contributed by atoms with E-state index in [2.05, 4.69) is 6.07 Å². The number of aliphatic hydroxyl groups excluding tert-OH is 1. The Labute approximate surface area is 119 Å². The lowest BCUT2D eigenvalue weighted by atomic mass is 9.89. The second-order valence-electron chi connectivity index (χ2n) is 5.58. The van der Waals surface area contributed by atoms with E-state index in [1.54, 1.807) is 4.90 Å². The lowest BCUT2D eigenvalue weighted by Gasteiger charge is -2.29. The van der Waals surface area contributed by atoms with Crippen LogP contribution in [-0.4, -0.2) is 42.2 Å². The summed E-state index contributed by atoms with van der Waals surface area (Å²) in [4.78, 5) is 14.0. The standard InChI is InChI=1S/C16H21NO3/c18-15(16(19)17-7-9-20-10-8-17)14-6-5-12-3-1-2-4-13(12)11-14/h5-6,11,15,18H,1-4,7-10H2. The van der Waals surface area contributed by atoms with Crippen LogP contribution in [0.25, 0.3) is 0 Å². The summed E-state index contributed by atoms with van der Waals surface area (Å²) in [7, 11) is 0. The van der Waals surface area contributed by atoms with Gasteiger partial charge in [0, 0.05) is 13.1 Å². The van der Waals surface area contributed by atoms with Gasteiger partial charge in [0.2, 0.25) is 0 Å². The van der Waals surface area contributed by atoms with E-state index in [9.17, 15) is 9.90 Å². The number of fused-ring (bicyclic) bond motifs is 1. The van der Waals surface area contributed by atoms with E-state index in [-0.39, 0.29) is 5.91 Å². The molecule has 1 atom stereocenters. The molecule has 4 nitrogen and oxygen atoms in total. The third-order valence-electron chi connectivity index (χ3n) is 4.24.